The smallest absolute Gasteiger partial charge is 0.231 e. The lowest BCUT2D eigenvalue weighted by Gasteiger charge is -2.34. The number of hydrogen-bond donors (Lipinski definition) is 1. The van der Waals surface area contributed by atoms with Crippen LogP contribution in [0.4, 0.5) is 0 Å². The Bertz CT molecular complexity index is 315. The minimum Gasteiger partial charge on any atom is -0.369 e. The first-order valence-corrected chi connectivity index (χ1v) is 5.81. The summed E-state index contributed by atoms with van der Waals surface area (Å²) in [5.74, 6) is -0.253. The average Bonchev–Trinajstić information content (AvgIpc) is 2.28. The molecule has 0 atom stereocenters. The van der Waals surface area contributed by atoms with Crippen LogP contribution in [0.15, 0.2) is 37.0 Å². The summed E-state index contributed by atoms with van der Waals surface area (Å²) >= 11 is 0. The molecule has 4 heteroatoms. The van der Waals surface area contributed by atoms with Gasteiger partial charge in [-0.2, -0.15) is 0 Å². The van der Waals surface area contributed by atoms with E-state index in [0.29, 0.717) is 6.54 Å². The van der Waals surface area contributed by atoms with E-state index in [1.165, 1.54) is 0 Å². The summed E-state index contributed by atoms with van der Waals surface area (Å²) in [5.41, 5.74) is 6.24. The summed E-state index contributed by atoms with van der Waals surface area (Å²) in [6.45, 7) is 12.5. The van der Waals surface area contributed by atoms with E-state index in [9.17, 15) is 4.79 Å². The van der Waals surface area contributed by atoms with Crippen molar-refractivity contribution in [3.63, 3.8) is 0 Å². The van der Waals surface area contributed by atoms with Crippen LogP contribution >= 0.6 is 0 Å². The highest BCUT2D eigenvalue weighted by atomic mass is 16.1. The van der Waals surface area contributed by atoms with Crippen LogP contribution < -0.4 is 5.73 Å². The number of nitrogens with zero attached hydrogens (tertiary/aromatic N) is 2. The lowest BCUT2D eigenvalue weighted by atomic mass is 10.2. The molecule has 0 saturated carbocycles. The summed E-state index contributed by atoms with van der Waals surface area (Å²) in [7, 11) is 0. The van der Waals surface area contributed by atoms with Gasteiger partial charge in [0.1, 0.15) is 0 Å². The molecule has 0 aromatic carbocycles. The van der Waals surface area contributed by atoms with Gasteiger partial charge in [0.05, 0.1) is 6.54 Å². The Morgan fingerprint density at radius 2 is 1.71 bits per heavy atom. The summed E-state index contributed by atoms with van der Waals surface area (Å²) in [6, 6.07) is 0. The molecule has 0 spiro atoms. The molecule has 0 unspecified atom stereocenters. The predicted octanol–water partition coefficient (Wildman–Crippen LogP) is 0.388. The average molecular weight is 235 g/mol. The number of carbonyl (C=O) groups excluding carboxylic acids is 1. The van der Waals surface area contributed by atoms with Crippen molar-refractivity contribution in [2.24, 2.45) is 5.73 Å². The Morgan fingerprint density at radius 3 is 2.18 bits per heavy atom. The van der Waals surface area contributed by atoms with E-state index in [0.717, 1.165) is 38.3 Å². The fraction of sp³-hybridized carbons (Fsp3) is 0.462. The van der Waals surface area contributed by atoms with Crippen molar-refractivity contribution in [2.45, 2.75) is 0 Å². The van der Waals surface area contributed by atoms with E-state index >= 15 is 0 Å². The molecule has 1 heterocycles. The van der Waals surface area contributed by atoms with Crippen molar-refractivity contribution in [3.05, 3.63) is 37.0 Å². The highest BCUT2D eigenvalue weighted by molar-refractivity contribution is 5.75. The van der Waals surface area contributed by atoms with Gasteiger partial charge in [0, 0.05) is 32.7 Å². The molecule has 1 aliphatic heterocycles. The van der Waals surface area contributed by atoms with E-state index < -0.39 is 0 Å². The molecule has 1 fully saturated rings. The molecule has 4 nitrogen and oxygen atoms in total. The van der Waals surface area contributed by atoms with Gasteiger partial charge in [-0.3, -0.25) is 14.6 Å². The minimum atomic E-state index is -0.253. The van der Waals surface area contributed by atoms with Gasteiger partial charge in [0.25, 0.3) is 0 Å². The van der Waals surface area contributed by atoms with Gasteiger partial charge >= 0.3 is 0 Å². The summed E-state index contributed by atoms with van der Waals surface area (Å²) in [4.78, 5) is 15.2. The Morgan fingerprint density at radius 1 is 1.18 bits per heavy atom. The Hall–Kier alpha value is -1.39. The molecule has 2 N–H and O–H groups in total. The van der Waals surface area contributed by atoms with Gasteiger partial charge in [-0.15, -0.1) is 0 Å². The van der Waals surface area contributed by atoms with Crippen LogP contribution in [0.25, 0.3) is 0 Å². The first kappa shape index (κ1) is 13.7. The summed E-state index contributed by atoms with van der Waals surface area (Å²) in [6.07, 6.45) is 5.62. The molecular formula is C13H21N3O. The van der Waals surface area contributed by atoms with Gasteiger partial charge in [0.2, 0.25) is 5.91 Å². The molecular weight excluding hydrogens is 214 g/mol. The molecule has 0 aliphatic carbocycles. The third-order valence-electron chi connectivity index (χ3n) is 2.74. The topological polar surface area (TPSA) is 49.6 Å². The van der Waals surface area contributed by atoms with Crippen LogP contribution in [0, 0.1) is 0 Å². The Balaban J connectivity index is 2.27. The van der Waals surface area contributed by atoms with Gasteiger partial charge in [-0.25, -0.2) is 0 Å². The number of rotatable bonds is 6. The van der Waals surface area contributed by atoms with Crippen LogP contribution in [-0.2, 0) is 4.79 Å². The molecule has 0 radical (unpaired) electrons. The summed E-state index contributed by atoms with van der Waals surface area (Å²) in [5, 5.41) is 0. The van der Waals surface area contributed by atoms with E-state index in [4.69, 9.17) is 5.73 Å². The SMILES string of the molecule is C=CC=CC(=C)CN1CCN(CC(N)=O)CC1. The number of allylic oxidation sites excluding steroid dienone is 2. The highest BCUT2D eigenvalue weighted by Gasteiger charge is 2.17. The van der Waals surface area contributed by atoms with Crippen LogP contribution in [0.5, 0.6) is 0 Å². The number of hydrogen-bond acceptors (Lipinski definition) is 3. The highest BCUT2D eigenvalue weighted by Crippen LogP contribution is 2.05. The third kappa shape index (κ3) is 5.47. The molecule has 94 valence electrons. The maximum absolute atomic E-state index is 10.8. The molecule has 0 aromatic heterocycles. The lowest BCUT2D eigenvalue weighted by molar-refractivity contribution is -0.119. The Labute approximate surface area is 103 Å². The van der Waals surface area contributed by atoms with Crippen molar-refractivity contribution < 1.29 is 4.79 Å². The molecule has 0 aromatic rings. The zero-order valence-corrected chi connectivity index (χ0v) is 10.3. The number of carbonyl (C=O) groups is 1. The van der Waals surface area contributed by atoms with Crippen molar-refractivity contribution >= 4 is 5.91 Å². The largest absolute Gasteiger partial charge is 0.369 e. The normalized spacial score (nSPS) is 18.4. The zero-order chi connectivity index (χ0) is 12.7. The molecule has 17 heavy (non-hydrogen) atoms. The standard InChI is InChI=1S/C13H21N3O/c1-3-4-5-12(2)10-15-6-8-16(9-7-15)11-13(14)17/h3-5H,1-2,6-11H2,(H2,14,17). The molecule has 1 amide bonds. The predicted molar refractivity (Wildman–Crippen MR) is 70.6 cm³/mol. The number of nitrogens with two attached hydrogens (primary N) is 1. The van der Waals surface area contributed by atoms with Gasteiger partial charge in [-0.1, -0.05) is 31.4 Å². The second kappa shape index (κ2) is 7.04. The quantitative estimate of drug-likeness (QED) is 0.677. The summed E-state index contributed by atoms with van der Waals surface area (Å²) < 4.78 is 0. The molecule has 1 saturated heterocycles. The maximum atomic E-state index is 10.8. The van der Waals surface area contributed by atoms with E-state index in [1.54, 1.807) is 6.08 Å². The number of piperazine rings is 1. The van der Waals surface area contributed by atoms with Gasteiger partial charge in [0.15, 0.2) is 0 Å². The van der Waals surface area contributed by atoms with E-state index in [1.807, 2.05) is 12.2 Å². The molecule has 0 bridgehead atoms. The van der Waals surface area contributed by atoms with Gasteiger partial charge in [-0.05, 0) is 5.57 Å². The fourth-order valence-corrected chi connectivity index (χ4v) is 1.87. The van der Waals surface area contributed by atoms with Crippen LogP contribution in [0.1, 0.15) is 0 Å². The second-order valence-electron chi connectivity index (χ2n) is 4.27. The minimum absolute atomic E-state index is 0.253. The van der Waals surface area contributed by atoms with Crippen LogP contribution in [0.2, 0.25) is 0 Å². The third-order valence-corrected chi connectivity index (χ3v) is 2.74. The first-order chi connectivity index (χ1) is 8.11. The van der Waals surface area contributed by atoms with Crippen molar-refractivity contribution in [1.29, 1.82) is 0 Å². The van der Waals surface area contributed by atoms with E-state index in [2.05, 4.69) is 23.0 Å². The van der Waals surface area contributed by atoms with Gasteiger partial charge < -0.3 is 5.73 Å². The van der Waals surface area contributed by atoms with E-state index in [-0.39, 0.29) is 5.91 Å². The maximum Gasteiger partial charge on any atom is 0.231 e. The van der Waals surface area contributed by atoms with Crippen molar-refractivity contribution in [2.75, 3.05) is 39.3 Å². The Kier molecular flexibility index (Phi) is 5.66. The van der Waals surface area contributed by atoms with Crippen LogP contribution in [0.3, 0.4) is 0 Å². The first-order valence-electron chi connectivity index (χ1n) is 5.81. The lowest BCUT2D eigenvalue weighted by Crippen LogP contribution is -2.49. The fourth-order valence-electron chi connectivity index (χ4n) is 1.87. The second-order valence-corrected chi connectivity index (χ2v) is 4.27. The molecule has 1 aliphatic rings. The molecule has 1 rings (SSSR count). The number of primary amides is 1. The van der Waals surface area contributed by atoms with Crippen molar-refractivity contribution in [3.8, 4) is 0 Å². The van der Waals surface area contributed by atoms with Crippen LogP contribution in [-0.4, -0.2) is 55.0 Å². The zero-order valence-electron chi connectivity index (χ0n) is 10.3. The number of amides is 1. The monoisotopic (exact) mass is 235 g/mol. The van der Waals surface area contributed by atoms with Crippen molar-refractivity contribution in [1.82, 2.24) is 9.80 Å².